The molecule has 1 unspecified atom stereocenters. The van der Waals surface area contributed by atoms with Crippen molar-refractivity contribution in [3.63, 3.8) is 0 Å². The lowest BCUT2D eigenvalue weighted by Crippen LogP contribution is -2.25. The maximum atomic E-state index is 9.38. The first-order chi connectivity index (χ1) is 7.22. The van der Waals surface area contributed by atoms with Gasteiger partial charge in [-0.3, -0.25) is 0 Å². The molecule has 0 spiro atoms. The molecule has 15 heavy (non-hydrogen) atoms. The molecule has 0 radical (unpaired) electrons. The van der Waals surface area contributed by atoms with Crippen LogP contribution in [-0.2, 0) is 0 Å². The van der Waals surface area contributed by atoms with E-state index in [0.717, 1.165) is 17.9 Å². The van der Waals surface area contributed by atoms with Crippen molar-refractivity contribution in [2.75, 3.05) is 11.4 Å². The van der Waals surface area contributed by atoms with Crippen LogP contribution in [0.4, 0.5) is 5.82 Å². The van der Waals surface area contributed by atoms with Crippen LogP contribution in [0.3, 0.4) is 0 Å². The van der Waals surface area contributed by atoms with Crippen LogP contribution >= 0.6 is 0 Å². The van der Waals surface area contributed by atoms with E-state index in [-0.39, 0.29) is 0 Å². The summed E-state index contributed by atoms with van der Waals surface area (Å²) in [5.74, 6) is 1.03. The molecule has 1 N–H and O–H groups in total. The Bertz CT molecular complexity index is 317. The highest BCUT2D eigenvalue weighted by Crippen LogP contribution is 2.30. The number of hydrogen-bond donors (Lipinski definition) is 1. The minimum atomic E-state index is -0.428. The third kappa shape index (κ3) is 2.29. The summed E-state index contributed by atoms with van der Waals surface area (Å²) in [5, 5.41) is 9.38. The van der Waals surface area contributed by atoms with E-state index in [1.807, 2.05) is 12.1 Å². The lowest BCUT2D eigenvalue weighted by molar-refractivity contribution is 0.199. The smallest absolute Gasteiger partial charge is 0.128 e. The molecule has 1 aliphatic carbocycles. The van der Waals surface area contributed by atoms with Crippen LogP contribution in [0.15, 0.2) is 18.3 Å². The molecule has 0 saturated heterocycles. The predicted molar refractivity (Wildman–Crippen MR) is 60.9 cm³/mol. The molecule has 3 nitrogen and oxygen atoms in total. The van der Waals surface area contributed by atoms with Gasteiger partial charge < -0.3 is 10.0 Å². The van der Waals surface area contributed by atoms with Crippen LogP contribution in [0.25, 0.3) is 0 Å². The normalized spacial score (nSPS) is 17.5. The minimum absolute atomic E-state index is 0.428. The van der Waals surface area contributed by atoms with Gasteiger partial charge in [0.25, 0.3) is 0 Å². The number of aromatic nitrogens is 1. The van der Waals surface area contributed by atoms with E-state index in [9.17, 15) is 5.11 Å². The molecule has 1 atom stereocenters. The third-order valence-electron chi connectivity index (χ3n) is 2.88. The summed E-state index contributed by atoms with van der Waals surface area (Å²) in [6.07, 6.45) is 3.91. The number of rotatable bonds is 4. The first-order valence-electron chi connectivity index (χ1n) is 5.63. The van der Waals surface area contributed by atoms with Gasteiger partial charge in [-0.05, 0) is 38.3 Å². The van der Waals surface area contributed by atoms with Gasteiger partial charge in [0.15, 0.2) is 0 Å². The van der Waals surface area contributed by atoms with Gasteiger partial charge in [-0.15, -0.1) is 0 Å². The van der Waals surface area contributed by atoms with Crippen molar-refractivity contribution in [2.45, 2.75) is 38.8 Å². The molecule has 2 rings (SSSR count). The Morgan fingerprint density at radius 2 is 2.27 bits per heavy atom. The van der Waals surface area contributed by atoms with Crippen molar-refractivity contribution in [3.8, 4) is 0 Å². The number of anilines is 1. The van der Waals surface area contributed by atoms with E-state index in [1.54, 1.807) is 13.1 Å². The van der Waals surface area contributed by atoms with Gasteiger partial charge in [-0.2, -0.15) is 0 Å². The van der Waals surface area contributed by atoms with Crippen LogP contribution in [0.5, 0.6) is 0 Å². The quantitative estimate of drug-likeness (QED) is 0.819. The highest BCUT2D eigenvalue weighted by Gasteiger charge is 2.28. The lowest BCUT2D eigenvalue weighted by atomic mass is 10.2. The summed E-state index contributed by atoms with van der Waals surface area (Å²) in [6, 6.07) is 4.65. The topological polar surface area (TPSA) is 36.4 Å². The summed E-state index contributed by atoms with van der Waals surface area (Å²) in [7, 11) is 0. The van der Waals surface area contributed by atoms with Crippen molar-refractivity contribution in [3.05, 3.63) is 23.9 Å². The Labute approximate surface area is 90.8 Å². The number of aliphatic hydroxyl groups is 1. The molecule has 1 saturated carbocycles. The molecule has 0 aliphatic heterocycles. The zero-order chi connectivity index (χ0) is 10.8. The SMILES string of the molecule is CCN(c1ccc(C(C)O)cn1)C1CC1. The average Bonchev–Trinajstić information content (AvgIpc) is 3.04. The molecule has 0 amide bonds. The van der Waals surface area contributed by atoms with Crippen molar-refractivity contribution in [1.29, 1.82) is 0 Å². The number of aliphatic hydroxyl groups excluding tert-OH is 1. The van der Waals surface area contributed by atoms with Crippen LogP contribution in [0, 0.1) is 0 Å². The Kier molecular flexibility index (Phi) is 2.91. The highest BCUT2D eigenvalue weighted by molar-refractivity contribution is 5.42. The fourth-order valence-electron chi connectivity index (χ4n) is 1.81. The molecule has 3 heteroatoms. The monoisotopic (exact) mass is 206 g/mol. The van der Waals surface area contributed by atoms with Crippen molar-refractivity contribution < 1.29 is 5.11 Å². The molecule has 0 aromatic carbocycles. The van der Waals surface area contributed by atoms with Gasteiger partial charge in [0, 0.05) is 18.8 Å². The first kappa shape index (κ1) is 10.4. The highest BCUT2D eigenvalue weighted by atomic mass is 16.3. The van der Waals surface area contributed by atoms with Gasteiger partial charge in [-0.25, -0.2) is 4.98 Å². The summed E-state index contributed by atoms with van der Waals surface area (Å²) < 4.78 is 0. The molecule has 1 heterocycles. The Morgan fingerprint density at radius 1 is 1.53 bits per heavy atom. The molecule has 1 fully saturated rings. The molecule has 1 aromatic heterocycles. The van der Waals surface area contributed by atoms with E-state index >= 15 is 0 Å². The summed E-state index contributed by atoms with van der Waals surface area (Å²) in [5.41, 5.74) is 0.880. The Balaban J connectivity index is 2.14. The first-order valence-corrected chi connectivity index (χ1v) is 5.63. The summed E-state index contributed by atoms with van der Waals surface area (Å²) in [6.45, 7) is 4.92. The van der Waals surface area contributed by atoms with E-state index in [1.165, 1.54) is 12.8 Å². The van der Waals surface area contributed by atoms with Crippen molar-refractivity contribution in [2.24, 2.45) is 0 Å². The van der Waals surface area contributed by atoms with Gasteiger partial charge >= 0.3 is 0 Å². The largest absolute Gasteiger partial charge is 0.389 e. The number of pyridine rings is 1. The maximum absolute atomic E-state index is 9.38. The van der Waals surface area contributed by atoms with E-state index in [4.69, 9.17) is 0 Å². The van der Waals surface area contributed by atoms with E-state index in [0.29, 0.717) is 6.04 Å². The van der Waals surface area contributed by atoms with Crippen molar-refractivity contribution >= 4 is 5.82 Å². The molecular formula is C12H18N2O. The Hall–Kier alpha value is -1.09. The van der Waals surface area contributed by atoms with Crippen LogP contribution in [0.2, 0.25) is 0 Å². The van der Waals surface area contributed by atoms with Gasteiger partial charge in [0.05, 0.1) is 6.10 Å². The minimum Gasteiger partial charge on any atom is -0.389 e. The second kappa shape index (κ2) is 4.19. The van der Waals surface area contributed by atoms with Gasteiger partial charge in [0.2, 0.25) is 0 Å². The number of nitrogens with zero attached hydrogens (tertiary/aromatic N) is 2. The van der Waals surface area contributed by atoms with Crippen LogP contribution < -0.4 is 4.90 Å². The van der Waals surface area contributed by atoms with Crippen LogP contribution in [0.1, 0.15) is 38.4 Å². The predicted octanol–water partition coefficient (Wildman–Crippen LogP) is 2.12. The molecular weight excluding hydrogens is 188 g/mol. The van der Waals surface area contributed by atoms with E-state index < -0.39 is 6.10 Å². The molecule has 1 aliphatic rings. The zero-order valence-electron chi connectivity index (χ0n) is 9.35. The second-order valence-corrected chi connectivity index (χ2v) is 4.14. The lowest BCUT2D eigenvalue weighted by Gasteiger charge is -2.21. The fraction of sp³-hybridized carbons (Fsp3) is 0.583. The van der Waals surface area contributed by atoms with Gasteiger partial charge in [-0.1, -0.05) is 6.07 Å². The standard InChI is InChI=1S/C12H18N2O/c1-3-14(11-5-6-11)12-7-4-10(8-13-12)9(2)15/h4,7-9,11,15H,3,5-6H2,1-2H3. The fourth-order valence-corrected chi connectivity index (χ4v) is 1.81. The zero-order valence-corrected chi connectivity index (χ0v) is 9.35. The molecule has 1 aromatic rings. The average molecular weight is 206 g/mol. The third-order valence-corrected chi connectivity index (χ3v) is 2.88. The van der Waals surface area contributed by atoms with Crippen LogP contribution in [-0.4, -0.2) is 22.7 Å². The maximum Gasteiger partial charge on any atom is 0.128 e. The van der Waals surface area contributed by atoms with E-state index in [2.05, 4.69) is 16.8 Å². The summed E-state index contributed by atoms with van der Waals surface area (Å²) in [4.78, 5) is 6.72. The number of hydrogen-bond acceptors (Lipinski definition) is 3. The second-order valence-electron chi connectivity index (χ2n) is 4.14. The molecule has 82 valence electrons. The Morgan fingerprint density at radius 3 is 2.67 bits per heavy atom. The summed E-state index contributed by atoms with van der Waals surface area (Å²) >= 11 is 0. The van der Waals surface area contributed by atoms with Crippen molar-refractivity contribution in [1.82, 2.24) is 4.98 Å². The molecule has 0 bridgehead atoms. The van der Waals surface area contributed by atoms with Gasteiger partial charge in [0.1, 0.15) is 5.82 Å².